The topological polar surface area (TPSA) is 63.6 Å². The van der Waals surface area contributed by atoms with Crippen LogP contribution in [0.2, 0.25) is 0 Å². The van der Waals surface area contributed by atoms with Crippen molar-refractivity contribution in [3.05, 3.63) is 23.3 Å². The second-order valence-corrected chi connectivity index (χ2v) is 9.65. The molecule has 0 unspecified atom stereocenters. The molecule has 0 aromatic carbocycles. The molecular weight excluding hydrogens is 340 g/mol. The first-order chi connectivity index (χ1) is 12.8. The van der Waals surface area contributed by atoms with E-state index in [1.54, 1.807) is 0 Å². The minimum absolute atomic E-state index is 0.00277. The second kappa shape index (κ2) is 6.58. The van der Waals surface area contributed by atoms with Gasteiger partial charge in [-0.25, -0.2) is 0 Å². The molecular formula is C23H32O4. The van der Waals surface area contributed by atoms with Crippen molar-refractivity contribution in [1.82, 2.24) is 0 Å². The number of carbonyl (C=O) groups is 2. The molecule has 6 atom stereocenters. The lowest BCUT2D eigenvalue weighted by molar-refractivity contribution is -0.139. The van der Waals surface area contributed by atoms with Crippen molar-refractivity contribution in [2.75, 3.05) is 6.61 Å². The number of allylic oxidation sites excluding steroid dienone is 2. The van der Waals surface area contributed by atoms with Gasteiger partial charge in [-0.3, -0.25) is 9.59 Å². The summed E-state index contributed by atoms with van der Waals surface area (Å²) in [5, 5.41) is 11.3. The van der Waals surface area contributed by atoms with Crippen molar-refractivity contribution in [2.24, 2.45) is 28.6 Å². The molecule has 3 saturated carbocycles. The number of ketones is 1. The van der Waals surface area contributed by atoms with Crippen molar-refractivity contribution < 1.29 is 19.4 Å². The van der Waals surface area contributed by atoms with Gasteiger partial charge in [0, 0.05) is 13.3 Å². The van der Waals surface area contributed by atoms with Crippen LogP contribution in [-0.4, -0.2) is 29.6 Å². The number of hydrogen-bond acceptors (Lipinski definition) is 4. The number of rotatable bonds is 2. The van der Waals surface area contributed by atoms with Gasteiger partial charge in [0.05, 0.1) is 6.10 Å². The Kier molecular flexibility index (Phi) is 4.61. The van der Waals surface area contributed by atoms with Gasteiger partial charge in [0.1, 0.15) is 6.61 Å². The van der Waals surface area contributed by atoms with Crippen LogP contribution in [-0.2, 0) is 14.3 Å². The summed E-state index contributed by atoms with van der Waals surface area (Å²) in [7, 11) is 0. The Morgan fingerprint density at radius 3 is 2.78 bits per heavy atom. The highest BCUT2D eigenvalue weighted by Crippen LogP contribution is 2.66. The molecule has 4 rings (SSSR count). The van der Waals surface area contributed by atoms with Gasteiger partial charge in [0.25, 0.3) is 0 Å². The standard InChI is InChI=1S/C23H32O4/c1-14(24)27-11-9-15-5-7-19-18-6-4-16-12-17(25)8-10-22(16,2)21(18)20(26)13-23(15,19)3/h9,12,18-21,26H,4-8,10-11,13H2,1-3H3/t18-,19-,20-,21+,22-,23+/m0/s1. The zero-order valence-corrected chi connectivity index (χ0v) is 16.8. The summed E-state index contributed by atoms with van der Waals surface area (Å²) in [5.74, 6) is 1.35. The first-order valence-corrected chi connectivity index (χ1v) is 10.5. The molecule has 4 aliphatic rings. The zero-order chi connectivity index (χ0) is 19.4. The number of carbonyl (C=O) groups excluding carboxylic acids is 2. The summed E-state index contributed by atoms with van der Waals surface area (Å²) in [6, 6.07) is 0. The lowest BCUT2D eigenvalue weighted by Crippen LogP contribution is -2.55. The van der Waals surface area contributed by atoms with Crippen LogP contribution in [0.5, 0.6) is 0 Å². The van der Waals surface area contributed by atoms with E-state index in [9.17, 15) is 14.7 Å². The van der Waals surface area contributed by atoms with Gasteiger partial charge in [-0.1, -0.05) is 25.0 Å². The third-order valence-electron chi connectivity index (χ3n) is 8.36. The first-order valence-electron chi connectivity index (χ1n) is 10.5. The van der Waals surface area contributed by atoms with Gasteiger partial charge >= 0.3 is 5.97 Å². The lowest BCUT2D eigenvalue weighted by Gasteiger charge is -2.59. The maximum Gasteiger partial charge on any atom is 0.302 e. The Labute approximate surface area is 162 Å². The van der Waals surface area contributed by atoms with Gasteiger partial charge < -0.3 is 9.84 Å². The summed E-state index contributed by atoms with van der Waals surface area (Å²) in [5.41, 5.74) is 2.62. The average Bonchev–Trinajstić information content (AvgIpc) is 2.91. The monoisotopic (exact) mass is 372 g/mol. The molecule has 0 aliphatic heterocycles. The van der Waals surface area contributed by atoms with Gasteiger partial charge in [0.2, 0.25) is 0 Å². The molecule has 0 amide bonds. The highest BCUT2D eigenvalue weighted by atomic mass is 16.5. The molecule has 4 heteroatoms. The van der Waals surface area contributed by atoms with Gasteiger partial charge in [-0.05, 0) is 79.3 Å². The van der Waals surface area contributed by atoms with E-state index in [1.807, 2.05) is 6.08 Å². The molecule has 0 aromatic rings. The normalized spacial score (nSPS) is 45.0. The van der Waals surface area contributed by atoms with E-state index in [2.05, 4.69) is 19.9 Å². The van der Waals surface area contributed by atoms with E-state index in [0.29, 0.717) is 24.9 Å². The number of hydrogen-bond donors (Lipinski definition) is 1. The van der Waals surface area contributed by atoms with Crippen molar-refractivity contribution in [1.29, 1.82) is 0 Å². The number of aliphatic hydroxyl groups is 1. The van der Waals surface area contributed by atoms with Crippen molar-refractivity contribution in [3.8, 4) is 0 Å². The van der Waals surface area contributed by atoms with E-state index in [1.165, 1.54) is 18.1 Å². The van der Waals surface area contributed by atoms with Crippen LogP contribution in [0.15, 0.2) is 23.3 Å². The van der Waals surface area contributed by atoms with E-state index in [4.69, 9.17) is 4.74 Å². The fourth-order valence-electron chi connectivity index (χ4n) is 7.13. The number of fused-ring (bicyclic) bond motifs is 5. The number of aliphatic hydroxyl groups excluding tert-OH is 1. The van der Waals surface area contributed by atoms with Crippen LogP contribution in [0.25, 0.3) is 0 Å². The molecule has 0 bridgehead atoms. The second-order valence-electron chi connectivity index (χ2n) is 9.65. The van der Waals surface area contributed by atoms with E-state index < -0.39 is 0 Å². The minimum Gasteiger partial charge on any atom is -0.462 e. The molecule has 0 heterocycles. The highest BCUT2D eigenvalue weighted by Gasteiger charge is 2.60. The zero-order valence-electron chi connectivity index (χ0n) is 16.8. The third-order valence-corrected chi connectivity index (χ3v) is 8.36. The van der Waals surface area contributed by atoms with Crippen LogP contribution < -0.4 is 0 Å². The molecule has 0 aromatic heterocycles. The predicted molar refractivity (Wildman–Crippen MR) is 103 cm³/mol. The maximum absolute atomic E-state index is 11.9. The van der Waals surface area contributed by atoms with Crippen molar-refractivity contribution >= 4 is 11.8 Å². The Hall–Kier alpha value is -1.42. The molecule has 27 heavy (non-hydrogen) atoms. The molecule has 148 valence electrons. The Morgan fingerprint density at radius 1 is 1.26 bits per heavy atom. The van der Waals surface area contributed by atoms with Crippen LogP contribution in [0.3, 0.4) is 0 Å². The van der Waals surface area contributed by atoms with Crippen molar-refractivity contribution in [2.45, 2.75) is 71.8 Å². The van der Waals surface area contributed by atoms with E-state index in [0.717, 1.165) is 38.5 Å². The van der Waals surface area contributed by atoms with E-state index >= 15 is 0 Å². The lowest BCUT2D eigenvalue weighted by atomic mass is 9.46. The molecule has 4 nitrogen and oxygen atoms in total. The Balaban J connectivity index is 1.63. The largest absolute Gasteiger partial charge is 0.462 e. The molecule has 3 fully saturated rings. The quantitative estimate of drug-likeness (QED) is 0.588. The molecule has 4 aliphatic carbocycles. The van der Waals surface area contributed by atoms with Gasteiger partial charge in [0.15, 0.2) is 5.78 Å². The van der Waals surface area contributed by atoms with Crippen LogP contribution in [0, 0.1) is 28.6 Å². The number of ether oxygens (including phenoxy) is 1. The maximum atomic E-state index is 11.9. The third kappa shape index (κ3) is 2.91. The van der Waals surface area contributed by atoms with Gasteiger partial charge in [-0.2, -0.15) is 0 Å². The summed E-state index contributed by atoms with van der Waals surface area (Å²) < 4.78 is 5.14. The Morgan fingerprint density at radius 2 is 2.04 bits per heavy atom. The van der Waals surface area contributed by atoms with Crippen LogP contribution in [0.1, 0.15) is 65.7 Å². The Bertz CT molecular complexity index is 720. The van der Waals surface area contributed by atoms with E-state index in [-0.39, 0.29) is 34.6 Å². The number of esters is 1. The molecule has 1 N–H and O–H groups in total. The molecule has 0 spiro atoms. The fourth-order valence-corrected chi connectivity index (χ4v) is 7.13. The van der Waals surface area contributed by atoms with Crippen LogP contribution >= 0.6 is 0 Å². The fraction of sp³-hybridized carbons (Fsp3) is 0.739. The molecule has 0 saturated heterocycles. The minimum atomic E-state index is -0.339. The summed E-state index contributed by atoms with van der Waals surface area (Å²) in [6.45, 7) is 6.38. The SMILES string of the molecule is CC(=O)OCC=C1CC[C@H]2[C@@H]3CCC4=CC(=O)CC[C@]4(C)[C@H]3[C@@H](O)C[C@]12C. The van der Waals surface area contributed by atoms with Crippen LogP contribution in [0.4, 0.5) is 0 Å². The average molecular weight is 373 g/mol. The van der Waals surface area contributed by atoms with Gasteiger partial charge in [-0.15, -0.1) is 0 Å². The molecule has 0 radical (unpaired) electrons. The smallest absolute Gasteiger partial charge is 0.302 e. The van der Waals surface area contributed by atoms with Crippen molar-refractivity contribution in [3.63, 3.8) is 0 Å². The summed E-state index contributed by atoms with van der Waals surface area (Å²) >= 11 is 0. The summed E-state index contributed by atoms with van der Waals surface area (Å²) in [6.07, 6.45) is 10.2. The first kappa shape index (κ1) is 18.9. The highest BCUT2D eigenvalue weighted by molar-refractivity contribution is 5.91. The predicted octanol–water partition coefficient (Wildman–Crippen LogP) is 3.98. The summed E-state index contributed by atoms with van der Waals surface area (Å²) in [4.78, 5) is 23.0.